The molecule has 2 aromatic rings. The molecule has 0 amide bonds. The minimum absolute atomic E-state index is 0.554. The molecule has 0 saturated carbocycles. The van der Waals surface area contributed by atoms with Crippen LogP contribution in [0.1, 0.15) is 13.3 Å². The number of anilines is 2. The van der Waals surface area contributed by atoms with Gasteiger partial charge in [-0.1, -0.05) is 35.9 Å². The summed E-state index contributed by atoms with van der Waals surface area (Å²) in [7, 11) is 4.14. The molecule has 1 aromatic heterocycles. The molecular formula is C24H30N4. The molecule has 146 valence electrons. The van der Waals surface area contributed by atoms with E-state index in [-0.39, 0.29) is 0 Å². The van der Waals surface area contributed by atoms with Gasteiger partial charge < -0.3 is 9.80 Å². The van der Waals surface area contributed by atoms with Crippen molar-refractivity contribution in [3.05, 3.63) is 66.4 Å². The van der Waals surface area contributed by atoms with Crippen LogP contribution < -0.4 is 9.80 Å². The Morgan fingerprint density at radius 1 is 1.00 bits per heavy atom. The smallest absolute Gasteiger partial charge is 0.0935 e. The van der Waals surface area contributed by atoms with Gasteiger partial charge in [0.25, 0.3) is 0 Å². The fourth-order valence-electron chi connectivity index (χ4n) is 4.07. The quantitative estimate of drug-likeness (QED) is 0.799. The summed E-state index contributed by atoms with van der Waals surface area (Å²) >= 11 is 0. The zero-order chi connectivity index (χ0) is 19.5. The van der Waals surface area contributed by atoms with Crippen molar-refractivity contribution < 1.29 is 0 Å². The van der Waals surface area contributed by atoms with Crippen LogP contribution in [0.15, 0.2) is 66.4 Å². The number of nitrogens with zero attached hydrogens (tertiary/aromatic N) is 4. The van der Waals surface area contributed by atoms with Crippen LogP contribution in [0.25, 0.3) is 11.3 Å². The van der Waals surface area contributed by atoms with Crippen molar-refractivity contribution in [1.82, 2.24) is 9.88 Å². The summed E-state index contributed by atoms with van der Waals surface area (Å²) in [6.07, 6.45) is 10.0. The normalized spacial score (nSPS) is 20.2. The first-order valence-electron chi connectivity index (χ1n) is 10.2. The van der Waals surface area contributed by atoms with E-state index in [4.69, 9.17) is 4.98 Å². The molecule has 4 nitrogen and oxygen atoms in total. The molecule has 0 spiro atoms. The fraction of sp³-hybridized carbons (Fsp3) is 0.375. The first kappa shape index (κ1) is 18.8. The number of allylic oxidation sites excluding steroid dienone is 2. The Hall–Kier alpha value is -2.59. The molecule has 2 aliphatic rings. The monoisotopic (exact) mass is 374 g/mol. The average Bonchev–Trinajstić information content (AvgIpc) is 2.74. The van der Waals surface area contributed by atoms with E-state index in [1.165, 1.54) is 22.5 Å². The minimum atomic E-state index is 0.554. The van der Waals surface area contributed by atoms with E-state index in [1.54, 1.807) is 0 Å². The number of aromatic nitrogens is 1. The van der Waals surface area contributed by atoms with Crippen molar-refractivity contribution in [1.29, 1.82) is 0 Å². The summed E-state index contributed by atoms with van der Waals surface area (Å²) in [6.45, 7) is 6.45. The highest BCUT2D eigenvalue weighted by molar-refractivity contribution is 5.76. The van der Waals surface area contributed by atoms with Gasteiger partial charge in [-0.2, -0.15) is 0 Å². The molecule has 1 fully saturated rings. The molecular weight excluding hydrogens is 344 g/mol. The lowest BCUT2D eigenvalue weighted by atomic mass is 10.0. The van der Waals surface area contributed by atoms with Gasteiger partial charge in [0.05, 0.1) is 11.4 Å². The minimum Gasteiger partial charge on any atom is -0.378 e. The highest BCUT2D eigenvalue weighted by Gasteiger charge is 2.24. The van der Waals surface area contributed by atoms with Crippen LogP contribution in [-0.4, -0.2) is 56.2 Å². The summed E-state index contributed by atoms with van der Waals surface area (Å²) < 4.78 is 0. The van der Waals surface area contributed by atoms with Crippen molar-refractivity contribution in [3.63, 3.8) is 0 Å². The Bertz CT molecular complexity index is 858. The van der Waals surface area contributed by atoms with Gasteiger partial charge in [0.2, 0.25) is 0 Å². The Morgan fingerprint density at radius 3 is 2.39 bits per heavy atom. The summed E-state index contributed by atoms with van der Waals surface area (Å²) in [4.78, 5) is 12.0. The number of hydrogen-bond acceptors (Lipinski definition) is 4. The maximum absolute atomic E-state index is 4.73. The van der Waals surface area contributed by atoms with E-state index in [2.05, 4.69) is 90.3 Å². The van der Waals surface area contributed by atoms with Gasteiger partial charge in [-0.3, -0.25) is 9.88 Å². The third-order valence-corrected chi connectivity index (χ3v) is 5.83. The predicted octanol–water partition coefficient (Wildman–Crippen LogP) is 4.21. The van der Waals surface area contributed by atoms with E-state index in [1.807, 2.05) is 6.20 Å². The molecule has 1 saturated heterocycles. The number of piperazine rings is 1. The van der Waals surface area contributed by atoms with Crippen LogP contribution in [0, 0.1) is 0 Å². The maximum atomic E-state index is 4.73. The number of hydrogen-bond donors (Lipinski definition) is 0. The third-order valence-electron chi connectivity index (χ3n) is 5.83. The van der Waals surface area contributed by atoms with E-state index >= 15 is 0 Å². The summed E-state index contributed by atoms with van der Waals surface area (Å²) in [6, 6.07) is 13.5. The first-order chi connectivity index (χ1) is 13.6. The number of pyridine rings is 1. The molecule has 0 radical (unpaired) electrons. The van der Waals surface area contributed by atoms with Gasteiger partial charge in [-0.15, -0.1) is 0 Å². The number of benzene rings is 1. The second kappa shape index (κ2) is 8.19. The molecule has 28 heavy (non-hydrogen) atoms. The Kier molecular flexibility index (Phi) is 5.49. The topological polar surface area (TPSA) is 22.6 Å². The zero-order valence-electron chi connectivity index (χ0n) is 17.2. The van der Waals surface area contributed by atoms with E-state index < -0.39 is 0 Å². The standard InChI is InChI=1S/C24H30N4/c1-19-6-10-22(11-7-19)27-15-17-28(18-16-27)23-5-4-14-25-24(23)20-8-12-21(13-9-20)26(2)3/h4-10,12-14,22H,11,15-18H2,1-3H3. The molecule has 1 atom stereocenters. The van der Waals surface area contributed by atoms with Gasteiger partial charge in [0.1, 0.15) is 0 Å². The lowest BCUT2D eigenvalue weighted by molar-refractivity contribution is 0.215. The van der Waals surface area contributed by atoms with Gasteiger partial charge in [-0.25, -0.2) is 0 Å². The van der Waals surface area contributed by atoms with Crippen LogP contribution in [-0.2, 0) is 0 Å². The summed E-state index contributed by atoms with van der Waals surface area (Å²) in [5, 5.41) is 0. The largest absolute Gasteiger partial charge is 0.378 e. The van der Waals surface area contributed by atoms with Crippen molar-refractivity contribution in [2.24, 2.45) is 0 Å². The van der Waals surface area contributed by atoms with E-state index in [0.29, 0.717) is 6.04 Å². The molecule has 1 unspecified atom stereocenters. The zero-order valence-corrected chi connectivity index (χ0v) is 17.2. The van der Waals surface area contributed by atoms with Crippen LogP contribution in [0.3, 0.4) is 0 Å². The van der Waals surface area contributed by atoms with Crippen LogP contribution in [0.5, 0.6) is 0 Å². The Labute approximate surface area is 168 Å². The molecule has 1 aliphatic heterocycles. The average molecular weight is 375 g/mol. The molecule has 4 rings (SSSR count). The third kappa shape index (κ3) is 3.97. The van der Waals surface area contributed by atoms with Gasteiger partial charge in [0, 0.05) is 63.8 Å². The van der Waals surface area contributed by atoms with E-state index in [9.17, 15) is 0 Å². The second-order valence-corrected chi connectivity index (χ2v) is 7.95. The van der Waals surface area contributed by atoms with Crippen LogP contribution in [0.2, 0.25) is 0 Å². The lowest BCUT2D eigenvalue weighted by Gasteiger charge is -2.40. The van der Waals surface area contributed by atoms with Crippen molar-refractivity contribution in [2.45, 2.75) is 19.4 Å². The SMILES string of the molecule is CC1=CCC(N2CCN(c3cccnc3-c3ccc(N(C)C)cc3)CC2)C=C1. The Morgan fingerprint density at radius 2 is 1.75 bits per heavy atom. The van der Waals surface area contributed by atoms with Crippen LogP contribution in [0.4, 0.5) is 11.4 Å². The summed E-state index contributed by atoms with van der Waals surface area (Å²) in [5.74, 6) is 0. The molecule has 0 bridgehead atoms. The van der Waals surface area contributed by atoms with Crippen molar-refractivity contribution in [3.8, 4) is 11.3 Å². The van der Waals surface area contributed by atoms with Crippen molar-refractivity contribution >= 4 is 11.4 Å². The number of rotatable bonds is 4. The first-order valence-corrected chi connectivity index (χ1v) is 10.2. The van der Waals surface area contributed by atoms with E-state index in [0.717, 1.165) is 38.3 Å². The Balaban J connectivity index is 1.48. The van der Waals surface area contributed by atoms with Gasteiger partial charge in [0.15, 0.2) is 0 Å². The predicted molar refractivity (Wildman–Crippen MR) is 119 cm³/mol. The molecule has 1 aliphatic carbocycles. The lowest BCUT2D eigenvalue weighted by Crippen LogP contribution is -2.50. The fourth-order valence-corrected chi connectivity index (χ4v) is 4.07. The maximum Gasteiger partial charge on any atom is 0.0935 e. The molecule has 1 aromatic carbocycles. The summed E-state index contributed by atoms with van der Waals surface area (Å²) in [5.41, 5.74) is 6.10. The van der Waals surface area contributed by atoms with Crippen LogP contribution >= 0.6 is 0 Å². The second-order valence-electron chi connectivity index (χ2n) is 7.95. The molecule has 2 heterocycles. The molecule has 4 heteroatoms. The van der Waals surface area contributed by atoms with Gasteiger partial charge >= 0.3 is 0 Å². The highest BCUT2D eigenvalue weighted by Crippen LogP contribution is 2.31. The molecule has 0 N–H and O–H groups in total. The van der Waals surface area contributed by atoms with Crippen molar-refractivity contribution in [2.75, 3.05) is 50.1 Å². The van der Waals surface area contributed by atoms with Gasteiger partial charge in [-0.05, 0) is 37.6 Å². The highest BCUT2D eigenvalue weighted by atomic mass is 15.3.